The topological polar surface area (TPSA) is 131 Å². The normalized spacial score (nSPS) is 30.5. The second-order valence-corrected chi connectivity index (χ2v) is 15.2. The highest BCUT2D eigenvalue weighted by Crippen LogP contribution is 2.47. The number of amides is 3. The Labute approximate surface area is 257 Å². The zero-order valence-electron chi connectivity index (χ0n) is 26.9. The predicted molar refractivity (Wildman–Crippen MR) is 164 cm³/mol. The van der Waals surface area contributed by atoms with E-state index >= 15 is 0 Å². The van der Waals surface area contributed by atoms with Gasteiger partial charge in [0.15, 0.2) is 5.78 Å². The molecule has 0 spiro atoms. The van der Waals surface area contributed by atoms with Gasteiger partial charge in [-0.3, -0.25) is 19.2 Å². The van der Waals surface area contributed by atoms with Gasteiger partial charge in [-0.1, -0.05) is 52.4 Å². The van der Waals surface area contributed by atoms with Gasteiger partial charge >= 0.3 is 12.0 Å². The van der Waals surface area contributed by atoms with Crippen molar-refractivity contribution in [2.24, 2.45) is 52.3 Å². The summed E-state index contributed by atoms with van der Waals surface area (Å²) >= 11 is 0. The Kier molecular flexibility index (Phi) is 10.9. The van der Waals surface area contributed by atoms with E-state index < -0.39 is 41.4 Å². The van der Waals surface area contributed by atoms with Crippen molar-refractivity contribution in [3.05, 3.63) is 0 Å². The smallest absolute Gasteiger partial charge is 0.408 e. The van der Waals surface area contributed by atoms with Crippen LogP contribution in [0.3, 0.4) is 0 Å². The summed E-state index contributed by atoms with van der Waals surface area (Å²) in [5.41, 5.74) is -0.684. The quantitative estimate of drug-likeness (QED) is 0.240. The summed E-state index contributed by atoms with van der Waals surface area (Å²) in [7, 11) is 0. The lowest BCUT2D eigenvalue weighted by Crippen LogP contribution is -2.52. The Morgan fingerprint density at radius 2 is 1.51 bits per heavy atom. The van der Waals surface area contributed by atoms with Crippen LogP contribution in [-0.4, -0.2) is 53.9 Å². The molecule has 4 aliphatic rings. The zero-order valence-corrected chi connectivity index (χ0v) is 26.9. The van der Waals surface area contributed by atoms with Crippen LogP contribution in [-0.2, 0) is 23.9 Å². The predicted octanol–water partition coefficient (Wildman–Crippen LogP) is 5.43. The Morgan fingerprint density at radius 3 is 2.05 bits per heavy atom. The number of Topliss-reactive ketones (excluding diaryl/α,β-unsaturated/α-hetero) is 2. The Morgan fingerprint density at radius 1 is 0.884 bits per heavy atom. The SMILES string of the molecule is C=NC(=O)C(=O)C(CC1CC1)NC(=O)[C@H]1CC(C(=O)[C@@H](NC(=O)OC(C)(C)C)C2CC3CCCCC3C2)CC[C@@H]1C(C)C. The van der Waals surface area contributed by atoms with Crippen molar-refractivity contribution >= 4 is 36.2 Å². The highest BCUT2D eigenvalue weighted by molar-refractivity contribution is 6.39. The van der Waals surface area contributed by atoms with E-state index in [1.54, 1.807) is 0 Å². The van der Waals surface area contributed by atoms with Crippen molar-refractivity contribution in [3.63, 3.8) is 0 Å². The number of rotatable bonds is 11. The van der Waals surface area contributed by atoms with Crippen LogP contribution < -0.4 is 10.6 Å². The van der Waals surface area contributed by atoms with E-state index in [4.69, 9.17) is 4.74 Å². The largest absolute Gasteiger partial charge is 0.444 e. The maximum Gasteiger partial charge on any atom is 0.408 e. The molecule has 9 nitrogen and oxygen atoms in total. The molecule has 4 unspecified atom stereocenters. The Hall–Kier alpha value is -2.58. The summed E-state index contributed by atoms with van der Waals surface area (Å²) in [4.78, 5) is 69.3. The van der Waals surface area contributed by atoms with Crippen LogP contribution in [0.2, 0.25) is 0 Å². The molecule has 3 amide bonds. The van der Waals surface area contributed by atoms with Gasteiger partial charge in [0.1, 0.15) is 5.60 Å². The number of hydrogen-bond donors (Lipinski definition) is 2. The van der Waals surface area contributed by atoms with Gasteiger partial charge in [0.05, 0.1) is 12.1 Å². The Balaban J connectivity index is 1.52. The molecule has 0 heterocycles. The van der Waals surface area contributed by atoms with Crippen molar-refractivity contribution < 1.29 is 28.7 Å². The fraction of sp³-hybridized carbons (Fsp3) is 0.824. The van der Waals surface area contributed by atoms with Gasteiger partial charge in [-0.15, -0.1) is 0 Å². The highest BCUT2D eigenvalue weighted by Gasteiger charge is 2.47. The molecule has 0 aromatic rings. The van der Waals surface area contributed by atoms with Crippen molar-refractivity contribution in [3.8, 4) is 0 Å². The third-order valence-electron chi connectivity index (χ3n) is 10.5. The van der Waals surface area contributed by atoms with E-state index in [1.807, 2.05) is 20.8 Å². The number of nitrogens with zero attached hydrogens (tertiary/aromatic N) is 1. The lowest BCUT2D eigenvalue weighted by molar-refractivity contribution is -0.140. The van der Waals surface area contributed by atoms with Gasteiger partial charge < -0.3 is 15.4 Å². The molecule has 0 radical (unpaired) electrons. The summed E-state index contributed by atoms with van der Waals surface area (Å²) in [6, 6.07) is -1.57. The number of fused-ring (bicyclic) bond motifs is 1. The number of carbonyl (C=O) groups excluding carboxylic acids is 5. The summed E-state index contributed by atoms with van der Waals surface area (Å²) < 4.78 is 5.59. The minimum absolute atomic E-state index is 0.00819. The third kappa shape index (κ3) is 8.75. The van der Waals surface area contributed by atoms with Gasteiger partial charge in [0, 0.05) is 11.8 Å². The zero-order chi connectivity index (χ0) is 31.5. The van der Waals surface area contributed by atoms with Crippen LogP contribution in [0, 0.1) is 47.3 Å². The minimum Gasteiger partial charge on any atom is -0.444 e. The number of ether oxygens (including phenoxy) is 1. The molecule has 7 atom stereocenters. The third-order valence-corrected chi connectivity index (χ3v) is 10.5. The van der Waals surface area contributed by atoms with Crippen LogP contribution in [0.15, 0.2) is 4.99 Å². The van der Waals surface area contributed by atoms with Crippen molar-refractivity contribution in [2.75, 3.05) is 0 Å². The van der Waals surface area contributed by atoms with Crippen LogP contribution in [0.4, 0.5) is 4.79 Å². The lowest BCUT2D eigenvalue weighted by Gasteiger charge is -2.39. The van der Waals surface area contributed by atoms with Crippen molar-refractivity contribution in [2.45, 2.75) is 129 Å². The van der Waals surface area contributed by atoms with E-state index in [0.29, 0.717) is 43.4 Å². The number of aliphatic imine (C=N–C) groups is 1. The molecule has 4 fully saturated rings. The molecule has 4 rings (SSSR count). The fourth-order valence-corrected chi connectivity index (χ4v) is 8.14. The van der Waals surface area contributed by atoms with E-state index in [2.05, 4.69) is 36.2 Å². The molecule has 2 N–H and O–H groups in total. The van der Waals surface area contributed by atoms with Crippen LogP contribution in [0.1, 0.15) is 112 Å². The van der Waals surface area contributed by atoms with E-state index in [9.17, 15) is 24.0 Å². The van der Waals surface area contributed by atoms with Gasteiger partial charge in [0.2, 0.25) is 11.7 Å². The highest BCUT2D eigenvalue weighted by atomic mass is 16.6. The molecule has 4 saturated carbocycles. The monoisotopic (exact) mass is 599 g/mol. The molecule has 0 aliphatic heterocycles. The average molecular weight is 600 g/mol. The van der Waals surface area contributed by atoms with Gasteiger partial charge in [-0.2, -0.15) is 0 Å². The first-order valence-corrected chi connectivity index (χ1v) is 16.7. The number of hydrogen-bond acceptors (Lipinski definition) is 6. The first-order chi connectivity index (χ1) is 20.3. The number of nitrogens with one attached hydrogen (secondary N) is 2. The van der Waals surface area contributed by atoms with Crippen LogP contribution in [0.25, 0.3) is 0 Å². The summed E-state index contributed by atoms with van der Waals surface area (Å²) in [5.74, 6) is -1.02. The average Bonchev–Trinajstić information content (AvgIpc) is 3.67. The van der Waals surface area contributed by atoms with Crippen LogP contribution in [0.5, 0.6) is 0 Å². The molecule has 4 aliphatic carbocycles. The second-order valence-electron chi connectivity index (χ2n) is 15.2. The minimum atomic E-state index is -0.934. The molecule has 240 valence electrons. The van der Waals surface area contributed by atoms with Crippen molar-refractivity contribution in [1.29, 1.82) is 0 Å². The maximum absolute atomic E-state index is 14.3. The molecule has 9 heteroatoms. The fourth-order valence-electron chi connectivity index (χ4n) is 8.14. The molecule has 43 heavy (non-hydrogen) atoms. The molecule has 0 aromatic carbocycles. The van der Waals surface area contributed by atoms with Gasteiger partial charge in [-0.05, 0) is 102 Å². The van der Waals surface area contributed by atoms with Crippen molar-refractivity contribution in [1.82, 2.24) is 10.6 Å². The van der Waals surface area contributed by atoms with E-state index in [1.165, 1.54) is 25.7 Å². The van der Waals surface area contributed by atoms with Crippen LogP contribution >= 0.6 is 0 Å². The molecule has 0 bridgehead atoms. The summed E-state index contributed by atoms with van der Waals surface area (Å²) in [5, 5.41) is 5.88. The van der Waals surface area contributed by atoms with E-state index in [-0.39, 0.29) is 35.4 Å². The van der Waals surface area contributed by atoms with Gasteiger partial charge in [-0.25, -0.2) is 9.79 Å². The number of ketones is 2. The molecular weight excluding hydrogens is 546 g/mol. The Bertz CT molecular complexity index is 1060. The van der Waals surface area contributed by atoms with Gasteiger partial charge in [0.25, 0.3) is 0 Å². The molecule has 0 aromatic heterocycles. The standard InChI is InChI=1S/C34H53N3O6/c1-19(2)25-14-13-23(18-26(25)31(40)36-27(15-20-11-12-20)30(39)32(41)35-6)29(38)28(37-33(42)43-34(3,4)5)24-16-21-9-7-8-10-22(21)17-24/h19-28H,6-18H2,1-5H3,(H,36,40)(H,37,42)/t21?,22?,23?,24?,25-,26+,27?,28+/m1/s1. The number of alkyl carbamates (subject to hydrolysis) is 1. The summed E-state index contributed by atoms with van der Waals surface area (Å²) in [6.45, 7) is 12.8. The molecular formula is C34H53N3O6. The summed E-state index contributed by atoms with van der Waals surface area (Å²) in [6.07, 6.45) is 10.2. The lowest BCUT2D eigenvalue weighted by atomic mass is 9.67. The first-order valence-electron chi connectivity index (χ1n) is 16.7. The maximum atomic E-state index is 14.3. The second kappa shape index (κ2) is 14.0. The van der Waals surface area contributed by atoms with E-state index in [0.717, 1.165) is 25.7 Å². The first kappa shape index (κ1) is 33.3. The number of carbonyl (C=O) groups is 5. The molecule has 0 saturated heterocycles.